The molecule has 7 heteroatoms. The van der Waals surface area contributed by atoms with Gasteiger partial charge in [0, 0.05) is 25.2 Å². The lowest BCUT2D eigenvalue weighted by molar-refractivity contribution is -0.161. The van der Waals surface area contributed by atoms with E-state index < -0.39 is 24.0 Å². The van der Waals surface area contributed by atoms with Crippen LogP contribution in [0.4, 0.5) is 10.1 Å². The Labute approximate surface area is 252 Å². The summed E-state index contributed by atoms with van der Waals surface area (Å²) >= 11 is 0. The molecule has 0 aromatic heterocycles. The van der Waals surface area contributed by atoms with Crippen molar-refractivity contribution in [1.82, 2.24) is 4.90 Å². The van der Waals surface area contributed by atoms with E-state index >= 15 is 4.39 Å². The molecule has 1 saturated heterocycles. The van der Waals surface area contributed by atoms with E-state index in [0.29, 0.717) is 17.0 Å². The van der Waals surface area contributed by atoms with Crippen LogP contribution >= 0.6 is 0 Å². The quantitative estimate of drug-likeness (QED) is 0.157. The topological polar surface area (TPSA) is 67.9 Å². The molecule has 0 bridgehead atoms. The third kappa shape index (κ3) is 7.48. The fraction of sp³-hybridized carbons (Fsp3) is 0.278. The molecule has 0 saturated carbocycles. The van der Waals surface area contributed by atoms with E-state index in [4.69, 9.17) is 9.47 Å². The minimum Gasteiger partial charge on any atom is -0.490 e. The molecule has 1 aliphatic rings. The number of amides is 1. The lowest BCUT2D eigenvalue weighted by atomic mass is 9.94. The van der Waals surface area contributed by atoms with Crippen LogP contribution < -0.4 is 10.1 Å². The number of likely N-dealkylation sites (tertiary alicyclic amines) is 1. The summed E-state index contributed by atoms with van der Waals surface area (Å²) in [6.45, 7) is 3.32. The number of rotatable bonds is 11. The maximum absolute atomic E-state index is 15.9. The normalized spacial score (nSPS) is 15.4. The van der Waals surface area contributed by atoms with Gasteiger partial charge in [-0.15, -0.1) is 0 Å². The lowest BCUT2D eigenvalue weighted by Gasteiger charge is -2.38. The Kier molecular flexibility index (Phi) is 9.84. The van der Waals surface area contributed by atoms with E-state index in [9.17, 15) is 9.59 Å². The number of ether oxygens (including phenoxy) is 2. The number of alkyl halides is 1. The largest absolute Gasteiger partial charge is 0.490 e. The van der Waals surface area contributed by atoms with E-state index in [2.05, 4.69) is 58.7 Å². The number of nitrogens with one attached hydrogen (secondary N) is 1. The van der Waals surface area contributed by atoms with Crippen molar-refractivity contribution in [2.75, 3.05) is 25.0 Å². The van der Waals surface area contributed by atoms with Gasteiger partial charge in [-0.25, -0.2) is 9.18 Å². The maximum Gasteiger partial charge on any atom is 0.354 e. The molecular weight excluding hydrogens is 543 g/mol. The van der Waals surface area contributed by atoms with Gasteiger partial charge < -0.3 is 14.8 Å². The first kappa shape index (κ1) is 30.0. The molecule has 6 nitrogen and oxygen atoms in total. The number of carbonyl (C=O) groups excluding carboxylic acids is 2. The molecule has 1 fully saturated rings. The van der Waals surface area contributed by atoms with Crippen molar-refractivity contribution >= 4 is 17.6 Å². The number of carbonyl (C=O) groups is 2. The molecule has 0 aliphatic carbocycles. The second-order valence-electron chi connectivity index (χ2n) is 10.7. The average Bonchev–Trinajstić information content (AvgIpc) is 3.04. The van der Waals surface area contributed by atoms with Gasteiger partial charge >= 0.3 is 5.97 Å². The predicted octanol–water partition coefficient (Wildman–Crippen LogP) is 6.77. The van der Waals surface area contributed by atoms with Crippen molar-refractivity contribution in [3.8, 4) is 5.75 Å². The molecule has 1 N–H and O–H groups in total. The Morgan fingerprint density at radius 1 is 0.837 bits per heavy atom. The van der Waals surface area contributed by atoms with Crippen molar-refractivity contribution in [3.63, 3.8) is 0 Å². The van der Waals surface area contributed by atoms with Crippen LogP contribution in [0.3, 0.4) is 0 Å². The van der Waals surface area contributed by atoms with Crippen LogP contribution in [0.15, 0.2) is 115 Å². The zero-order valence-corrected chi connectivity index (χ0v) is 24.3. The highest BCUT2D eigenvalue weighted by molar-refractivity contribution is 6.12. The number of nitrogens with zero attached hydrogens (tertiary/aromatic N) is 1. The second kappa shape index (κ2) is 14.1. The van der Waals surface area contributed by atoms with Crippen LogP contribution in [-0.4, -0.2) is 48.2 Å². The first-order valence-corrected chi connectivity index (χ1v) is 14.8. The van der Waals surface area contributed by atoms with Crippen molar-refractivity contribution in [3.05, 3.63) is 132 Å². The summed E-state index contributed by atoms with van der Waals surface area (Å²) in [6.07, 6.45) is 1.38. The van der Waals surface area contributed by atoms with Crippen molar-refractivity contribution in [1.29, 1.82) is 0 Å². The van der Waals surface area contributed by atoms with Gasteiger partial charge in [0.15, 0.2) is 0 Å². The van der Waals surface area contributed by atoms with Gasteiger partial charge in [-0.2, -0.15) is 0 Å². The number of hydrogen-bond acceptors (Lipinski definition) is 5. The molecule has 0 spiro atoms. The summed E-state index contributed by atoms with van der Waals surface area (Å²) in [5.74, 6) is -1.60. The highest BCUT2D eigenvalue weighted by Crippen LogP contribution is 2.32. The fourth-order valence-electron chi connectivity index (χ4n) is 5.54. The fourth-order valence-corrected chi connectivity index (χ4v) is 5.54. The number of benzene rings is 4. The Morgan fingerprint density at radius 3 is 1.91 bits per heavy atom. The van der Waals surface area contributed by atoms with Crippen LogP contribution in [0.2, 0.25) is 0 Å². The summed E-state index contributed by atoms with van der Waals surface area (Å²) < 4.78 is 27.1. The van der Waals surface area contributed by atoms with Crippen LogP contribution in [0.25, 0.3) is 0 Å². The minimum absolute atomic E-state index is 0.0310. The third-order valence-corrected chi connectivity index (χ3v) is 7.74. The van der Waals surface area contributed by atoms with Crippen molar-refractivity contribution in [2.45, 2.75) is 44.0 Å². The summed E-state index contributed by atoms with van der Waals surface area (Å²) in [5.41, 5.74) is 0.559. The monoisotopic (exact) mass is 580 g/mol. The van der Waals surface area contributed by atoms with Gasteiger partial charge in [0.25, 0.3) is 11.6 Å². The first-order valence-electron chi connectivity index (χ1n) is 14.8. The molecule has 4 aromatic rings. The minimum atomic E-state index is -2.86. The number of esters is 1. The van der Waals surface area contributed by atoms with Crippen LogP contribution in [0.1, 0.15) is 42.5 Å². The van der Waals surface area contributed by atoms with Crippen LogP contribution in [0, 0.1) is 0 Å². The molecule has 0 radical (unpaired) electrons. The molecule has 222 valence electrons. The summed E-state index contributed by atoms with van der Waals surface area (Å²) in [5, 5.41) is 2.55. The van der Waals surface area contributed by atoms with E-state index in [-0.39, 0.29) is 18.8 Å². The van der Waals surface area contributed by atoms with Crippen molar-refractivity contribution < 1.29 is 23.5 Å². The number of anilines is 1. The van der Waals surface area contributed by atoms with E-state index in [1.807, 2.05) is 12.1 Å². The Balaban J connectivity index is 1.19. The maximum atomic E-state index is 15.9. The zero-order chi connectivity index (χ0) is 30.1. The molecule has 43 heavy (non-hydrogen) atoms. The molecule has 5 rings (SSSR count). The van der Waals surface area contributed by atoms with E-state index in [1.165, 1.54) is 11.1 Å². The number of hydrogen-bond donors (Lipinski definition) is 1. The van der Waals surface area contributed by atoms with E-state index in [1.54, 1.807) is 61.5 Å². The average molecular weight is 581 g/mol. The van der Waals surface area contributed by atoms with Gasteiger partial charge in [-0.05, 0) is 60.7 Å². The highest BCUT2D eigenvalue weighted by atomic mass is 19.1. The zero-order valence-electron chi connectivity index (χ0n) is 24.3. The third-order valence-electron chi connectivity index (χ3n) is 7.74. The Hall–Kier alpha value is -4.49. The Morgan fingerprint density at radius 2 is 1.37 bits per heavy atom. The van der Waals surface area contributed by atoms with Gasteiger partial charge in [0.05, 0.1) is 12.6 Å². The van der Waals surface area contributed by atoms with Gasteiger partial charge in [-0.1, -0.05) is 91.0 Å². The molecular formula is C36H37FN2O4. The van der Waals surface area contributed by atoms with Gasteiger partial charge in [0.2, 0.25) is 0 Å². The second-order valence-corrected chi connectivity index (χ2v) is 10.7. The molecule has 1 atom stereocenters. The Bertz CT molecular complexity index is 1420. The summed E-state index contributed by atoms with van der Waals surface area (Å²) in [7, 11) is 0. The van der Waals surface area contributed by atoms with Gasteiger partial charge in [-0.3, -0.25) is 9.69 Å². The molecule has 1 heterocycles. The predicted molar refractivity (Wildman–Crippen MR) is 166 cm³/mol. The van der Waals surface area contributed by atoms with Crippen LogP contribution in [0.5, 0.6) is 5.75 Å². The van der Waals surface area contributed by atoms with Gasteiger partial charge in [0.1, 0.15) is 11.9 Å². The SMILES string of the molecule is CCOC(=O)C(F)(Cc1ccccc1)C(=O)Nc1ccc(OC2CCN(C(c3ccccc3)c3ccccc3)CC2)cc1. The smallest absolute Gasteiger partial charge is 0.354 e. The summed E-state index contributed by atoms with van der Waals surface area (Å²) in [4.78, 5) is 28.1. The van der Waals surface area contributed by atoms with E-state index in [0.717, 1.165) is 25.9 Å². The van der Waals surface area contributed by atoms with Crippen LogP contribution in [-0.2, 0) is 20.7 Å². The standard InChI is InChI=1S/C36H37FN2O4/c1-2-42-35(41)36(37,26-27-12-6-3-7-13-27)34(40)38-30-18-20-31(21-19-30)43-32-22-24-39(25-23-32)33(28-14-8-4-9-15-28)29-16-10-5-11-17-29/h3-21,32-33H,2,22-26H2,1H3,(H,38,40). The summed E-state index contributed by atoms with van der Waals surface area (Å²) in [6, 6.07) is 36.7. The molecule has 1 unspecified atom stereocenters. The molecule has 1 amide bonds. The lowest BCUT2D eigenvalue weighted by Crippen LogP contribution is -2.49. The number of piperidine rings is 1. The van der Waals surface area contributed by atoms with Crippen molar-refractivity contribution in [2.24, 2.45) is 0 Å². The first-order chi connectivity index (χ1) is 21.0. The highest BCUT2D eigenvalue weighted by Gasteiger charge is 2.48. The molecule has 4 aromatic carbocycles. The molecule has 1 aliphatic heterocycles. The number of halogens is 1.